The van der Waals surface area contributed by atoms with Crippen LogP contribution in [0.3, 0.4) is 0 Å². The molecule has 0 spiro atoms. The lowest BCUT2D eigenvalue weighted by molar-refractivity contribution is 0.0952. The molecule has 1 aromatic heterocycles. The maximum absolute atomic E-state index is 13.1. The summed E-state index contributed by atoms with van der Waals surface area (Å²) in [5.41, 5.74) is 8.91. The van der Waals surface area contributed by atoms with Gasteiger partial charge >= 0.3 is 0 Å². The predicted octanol–water partition coefficient (Wildman–Crippen LogP) is 3.12. The van der Waals surface area contributed by atoms with E-state index in [0.717, 1.165) is 23.5 Å². The van der Waals surface area contributed by atoms with E-state index in [-0.39, 0.29) is 30.2 Å². The first-order chi connectivity index (χ1) is 10.4. The first kappa shape index (κ1) is 19.2. The number of aromatic nitrogens is 1. The van der Waals surface area contributed by atoms with E-state index in [1.807, 2.05) is 31.4 Å². The molecular weight excluding hydrogens is 317 g/mol. The summed E-state index contributed by atoms with van der Waals surface area (Å²) >= 11 is 0. The Bertz CT molecular complexity index is 665. The zero-order chi connectivity index (χ0) is 16.3. The lowest BCUT2D eigenvalue weighted by Crippen LogP contribution is -2.29. The van der Waals surface area contributed by atoms with Gasteiger partial charge in [-0.1, -0.05) is 0 Å². The first-order valence-electron chi connectivity index (χ1n) is 7.39. The zero-order valence-electron chi connectivity index (χ0n) is 13.6. The molecule has 0 radical (unpaired) electrons. The van der Waals surface area contributed by atoms with E-state index in [2.05, 4.69) is 5.32 Å². The average Bonchev–Trinajstić information content (AvgIpc) is 2.75. The fraction of sp³-hybridized carbons (Fsp3) is 0.353. The highest BCUT2D eigenvalue weighted by Gasteiger charge is 2.16. The highest BCUT2D eigenvalue weighted by Crippen LogP contribution is 2.21. The molecule has 2 aromatic rings. The molecule has 126 valence electrons. The molecule has 0 aliphatic heterocycles. The van der Waals surface area contributed by atoms with Gasteiger partial charge in [0, 0.05) is 29.7 Å². The smallest absolute Gasteiger partial charge is 0.253 e. The highest BCUT2D eigenvalue weighted by atomic mass is 35.5. The molecule has 0 aliphatic carbocycles. The van der Waals surface area contributed by atoms with Crippen LogP contribution in [0.25, 0.3) is 5.69 Å². The van der Waals surface area contributed by atoms with Crippen LogP contribution in [-0.4, -0.2) is 23.1 Å². The van der Waals surface area contributed by atoms with Crippen molar-refractivity contribution in [3.05, 3.63) is 53.1 Å². The van der Waals surface area contributed by atoms with Crippen LogP contribution in [0.5, 0.6) is 0 Å². The molecule has 3 N–H and O–H groups in total. The van der Waals surface area contributed by atoms with Gasteiger partial charge in [-0.3, -0.25) is 4.79 Å². The molecule has 1 atom stereocenters. The van der Waals surface area contributed by atoms with Gasteiger partial charge in [-0.05, 0) is 57.5 Å². The summed E-state index contributed by atoms with van der Waals surface area (Å²) in [6.45, 7) is 6.27. The van der Waals surface area contributed by atoms with Crippen molar-refractivity contribution in [3.63, 3.8) is 0 Å². The van der Waals surface area contributed by atoms with Gasteiger partial charge in [0.2, 0.25) is 0 Å². The third-order valence-corrected chi connectivity index (χ3v) is 3.65. The van der Waals surface area contributed by atoms with Crippen molar-refractivity contribution < 1.29 is 9.18 Å². The predicted molar refractivity (Wildman–Crippen MR) is 93.0 cm³/mol. The van der Waals surface area contributed by atoms with Gasteiger partial charge in [0.1, 0.15) is 5.82 Å². The summed E-state index contributed by atoms with van der Waals surface area (Å²) in [6.07, 6.45) is 0.739. The number of halogens is 2. The van der Waals surface area contributed by atoms with E-state index in [0.29, 0.717) is 12.1 Å². The van der Waals surface area contributed by atoms with Crippen molar-refractivity contribution in [1.29, 1.82) is 0 Å². The lowest BCUT2D eigenvalue weighted by Gasteiger charge is -2.10. The third-order valence-electron chi connectivity index (χ3n) is 3.65. The zero-order valence-corrected chi connectivity index (χ0v) is 14.4. The fourth-order valence-corrected chi connectivity index (χ4v) is 2.49. The van der Waals surface area contributed by atoms with Crippen molar-refractivity contribution >= 4 is 18.3 Å². The Labute approximate surface area is 142 Å². The molecule has 2 rings (SSSR count). The molecule has 1 unspecified atom stereocenters. The van der Waals surface area contributed by atoms with Gasteiger partial charge in [0.05, 0.1) is 5.56 Å². The molecule has 23 heavy (non-hydrogen) atoms. The second-order valence-corrected chi connectivity index (χ2v) is 5.62. The van der Waals surface area contributed by atoms with Crippen LogP contribution in [0.1, 0.15) is 35.1 Å². The minimum atomic E-state index is -0.278. The highest BCUT2D eigenvalue weighted by molar-refractivity contribution is 5.95. The van der Waals surface area contributed by atoms with Crippen LogP contribution >= 0.6 is 12.4 Å². The number of rotatable bonds is 5. The van der Waals surface area contributed by atoms with Crippen molar-refractivity contribution in [2.45, 2.75) is 33.2 Å². The minimum absolute atomic E-state index is 0. The molecule has 1 aromatic carbocycles. The summed E-state index contributed by atoms with van der Waals surface area (Å²) in [6, 6.07) is 8.14. The van der Waals surface area contributed by atoms with Gasteiger partial charge in [0.25, 0.3) is 5.91 Å². The Morgan fingerprint density at radius 1 is 1.30 bits per heavy atom. The molecule has 0 saturated heterocycles. The summed E-state index contributed by atoms with van der Waals surface area (Å²) in [4.78, 5) is 12.3. The number of aryl methyl sites for hydroxylation is 1. The summed E-state index contributed by atoms with van der Waals surface area (Å²) in [5, 5.41) is 2.88. The summed E-state index contributed by atoms with van der Waals surface area (Å²) < 4.78 is 15.0. The monoisotopic (exact) mass is 339 g/mol. The number of carbonyl (C=O) groups excluding carboxylic acids is 1. The van der Waals surface area contributed by atoms with Gasteiger partial charge in [0.15, 0.2) is 0 Å². The molecule has 4 nitrogen and oxygen atoms in total. The van der Waals surface area contributed by atoms with E-state index in [1.54, 1.807) is 12.1 Å². The number of carbonyl (C=O) groups is 1. The standard InChI is InChI=1S/C17H22FN3O.ClH/c1-11(19)8-9-20-17(22)16-10-12(2)21(13(16)3)15-6-4-14(18)5-7-15;/h4-7,10-11H,8-9,19H2,1-3H3,(H,20,22);1H. The van der Waals surface area contributed by atoms with Gasteiger partial charge in [-0.2, -0.15) is 0 Å². The Balaban J connectivity index is 0.00000264. The molecule has 0 saturated carbocycles. The van der Waals surface area contributed by atoms with E-state index in [4.69, 9.17) is 5.73 Å². The van der Waals surface area contributed by atoms with Crippen molar-refractivity contribution in [2.75, 3.05) is 6.54 Å². The Hall–Kier alpha value is -1.85. The fourth-order valence-electron chi connectivity index (χ4n) is 2.49. The van der Waals surface area contributed by atoms with Gasteiger partial charge in [-0.15, -0.1) is 12.4 Å². The quantitative estimate of drug-likeness (QED) is 0.879. The number of hydrogen-bond donors (Lipinski definition) is 2. The van der Waals surface area contributed by atoms with Gasteiger partial charge < -0.3 is 15.6 Å². The molecule has 0 aliphatic rings. The minimum Gasteiger partial charge on any atom is -0.352 e. The SMILES string of the molecule is Cc1cc(C(=O)NCCC(C)N)c(C)n1-c1ccc(F)cc1.Cl. The number of nitrogens with zero attached hydrogens (tertiary/aromatic N) is 1. The Morgan fingerprint density at radius 3 is 2.48 bits per heavy atom. The molecule has 1 heterocycles. The largest absolute Gasteiger partial charge is 0.352 e. The van der Waals surface area contributed by atoms with Crippen molar-refractivity contribution in [3.8, 4) is 5.69 Å². The van der Waals surface area contributed by atoms with Crippen LogP contribution < -0.4 is 11.1 Å². The topological polar surface area (TPSA) is 60.1 Å². The van der Waals surface area contributed by atoms with Crippen LogP contribution in [0.4, 0.5) is 4.39 Å². The molecular formula is C17H23ClFN3O. The average molecular weight is 340 g/mol. The maximum Gasteiger partial charge on any atom is 0.253 e. The van der Waals surface area contributed by atoms with Crippen molar-refractivity contribution in [1.82, 2.24) is 9.88 Å². The van der Waals surface area contributed by atoms with E-state index >= 15 is 0 Å². The summed E-state index contributed by atoms with van der Waals surface area (Å²) in [7, 11) is 0. The number of nitrogens with one attached hydrogen (secondary N) is 1. The number of hydrogen-bond acceptors (Lipinski definition) is 2. The maximum atomic E-state index is 13.1. The van der Waals surface area contributed by atoms with E-state index < -0.39 is 0 Å². The van der Waals surface area contributed by atoms with Crippen LogP contribution in [0.15, 0.2) is 30.3 Å². The number of amides is 1. The van der Waals surface area contributed by atoms with Gasteiger partial charge in [-0.25, -0.2) is 4.39 Å². The van der Waals surface area contributed by atoms with E-state index in [1.165, 1.54) is 12.1 Å². The van der Waals surface area contributed by atoms with Crippen LogP contribution in [-0.2, 0) is 0 Å². The molecule has 1 amide bonds. The van der Waals surface area contributed by atoms with E-state index in [9.17, 15) is 9.18 Å². The lowest BCUT2D eigenvalue weighted by atomic mass is 10.2. The Morgan fingerprint density at radius 2 is 1.91 bits per heavy atom. The summed E-state index contributed by atoms with van der Waals surface area (Å²) in [5.74, 6) is -0.387. The normalized spacial score (nSPS) is 11.7. The molecule has 0 bridgehead atoms. The third kappa shape index (κ3) is 4.56. The van der Waals surface area contributed by atoms with Crippen LogP contribution in [0, 0.1) is 19.7 Å². The van der Waals surface area contributed by atoms with Crippen molar-refractivity contribution in [2.24, 2.45) is 5.73 Å². The second-order valence-electron chi connectivity index (χ2n) is 5.62. The number of benzene rings is 1. The molecule has 6 heteroatoms. The van der Waals surface area contributed by atoms with Crippen LogP contribution in [0.2, 0.25) is 0 Å². The first-order valence-corrected chi connectivity index (χ1v) is 7.39. The molecule has 0 fully saturated rings. The number of nitrogens with two attached hydrogens (primary N) is 1. The second kappa shape index (κ2) is 8.13. The Kier molecular flexibility index (Phi) is 6.79.